The predicted molar refractivity (Wildman–Crippen MR) is 80.3 cm³/mol. The lowest BCUT2D eigenvalue weighted by atomic mass is 10.2. The van der Waals surface area contributed by atoms with Gasteiger partial charge in [-0.15, -0.1) is 0 Å². The van der Waals surface area contributed by atoms with Gasteiger partial charge in [0.1, 0.15) is 0 Å². The van der Waals surface area contributed by atoms with Gasteiger partial charge in [0, 0.05) is 11.1 Å². The molecular weight excluding hydrogens is 292 g/mol. The standard InChI is InChI=1S/C14H22O6Si/c1-11(13(15)16)7-5-9-19-21(3,4)20-10-6-8-12(2)14(17)18/h7-10H,5-6H2,1-4H3,(H,15,16)(H,17,18). The molecule has 0 atom stereocenters. The summed E-state index contributed by atoms with van der Waals surface area (Å²) in [6.45, 7) is 9.74. The molecule has 0 aliphatic heterocycles. The maximum Gasteiger partial charge on any atom is 0.332 e. The summed E-state index contributed by atoms with van der Waals surface area (Å²) in [5.41, 5.74) is 0.521. The van der Waals surface area contributed by atoms with E-state index in [-0.39, 0.29) is 11.1 Å². The smallest absolute Gasteiger partial charge is 0.332 e. The van der Waals surface area contributed by atoms with Crippen molar-refractivity contribution >= 4 is 20.5 Å². The Morgan fingerprint density at radius 3 is 1.52 bits per heavy atom. The van der Waals surface area contributed by atoms with Crippen LogP contribution >= 0.6 is 0 Å². The predicted octanol–water partition coefficient (Wildman–Crippen LogP) is 2.89. The van der Waals surface area contributed by atoms with Crippen LogP contribution in [-0.2, 0) is 18.4 Å². The van der Waals surface area contributed by atoms with Gasteiger partial charge in [-0.1, -0.05) is 12.2 Å². The fourth-order valence-corrected chi connectivity index (χ4v) is 2.20. The molecule has 0 fully saturated rings. The highest BCUT2D eigenvalue weighted by Gasteiger charge is 2.24. The molecule has 0 aliphatic carbocycles. The van der Waals surface area contributed by atoms with Gasteiger partial charge >= 0.3 is 20.5 Å². The van der Waals surface area contributed by atoms with Crippen molar-refractivity contribution in [3.8, 4) is 0 Å². The molecule has 2 radical (unpaired) electrons. The molecule has 0 aromatic rings. The summed E-state index contributed by atoms with van der Waals surface area (Å²) in [5.74, 6) is -1.91. The first kappa shape index (κ1) is 19.6. The quantitative estimate of drug-likeness (QED) is 0.366. The van der Waals surface area contributed by atoms with Crippen LogP contribution in [0.1, 0.15) is 26.7 Å². The van der Waals surface area contributed by atoms with E-state index in [1.54, 1.807) is 12.2 Å². The van der Waals surface area contributed by atoms with E-state index in [1.165, 1.54) is 27.1 Å². The molecule has 0 rings (SSSR count). The van der Waals surface area contributed by atoms with Crippen molar-refractivity contribution in [3.63, 3.8) is 0 Å². The first-order valence-electron chi connectivity index (χ1n) is 6.45. The number of rotatable bonds is 10. The Morgan fingerprint density at radius 2 is 1.24 bits per heavy atom. The molecule has 0 saturated heterocycles. The van der Waals surface area contributed by atoms with Crippen molar-refractivity contribution in [3.05, 3.63) is 36.5 Å². The molecule has 0 amide bonds. The van der Waals surface area contributed by atoms with E-state index >= 15 is 0 Å². The monoisotopic (exact) mass is 314 g/mol. The zero-order valence-electron chi connectivity index (χ0n) is 12.8. The van der Waals surface area contributed by atoms with Crippen LogP contribution in [-0.4, -0.2) is 30.7 Å². The SMILES string of the molecule is CC(=CC[CH]O[Si](C)(C)O[CH]CC=C(C)C(=O)O)C(=O)O. The fourth-order valence-electron chi connectivity index (χ4n) is 1.15. The molecule has 2 N–H and O–H groups in total. The van der Waals surface area contributed by atoms with Crippen molar-refractivity contribution < 1.29 is 28.7 Å². The maximum atomic E-state index is 10.6. The number of carbonyl (C=O) groups is 2. The molecule has 0 unspecified atom stereocenters. The van der Waals surface area contributed by atoms with E-state index < -0.39 is 20.5 Å². The van der Waals surface area contributed by atoms with E-state index in [4.69, 9.17) is 19.1 Å². The summed E-state index contributed by atoms with van der Waals surface area (Å²) in [6.07, 6.45) is 3.87. The molecule has 118 valence electrons. The minimum atomic E-state index is -2.37. The van der Waals surface area contributed by atoms with Gasteiger partial charge in [0.2, 0.25) is 0 Å². The van der Waals surface area contributed by atoms with Crippen LogP contribution in [0.3, 0.4) is 0 Å². The molecule has 0 spiro atoms. The average Bonchev–Trinajstić information content (AvgIpc) is 2.38. The molecule has 0 heterocycles. The Balaban J connectivity index is 3.99. The van der Waals surface area contributed by atoms with Crippen LogP contribution in [0.2, 0.25) is 13.1 Å². The summed E-state index contributed by atoms with van der Waals surface area (Å²) in [6, 6.07) is 0. The van der Waals surface area contributed by atoms with Crippen molar-refractivity contribution in [2.75, 3.05) is 0 Å². The molecule has 7 heteroatoms. The van der Waals surface area contributed by atoms with Crippen LogP contribution < -0.4 is 0 Å². The Hall–Kier alpha value is -1.44. The van der Waals surface area contributed by atoms with Crippen LogP contribution in [0.4, 0.5) is 0 Å². The molecule has 0 aromatic carbocycles. The summed E-state index contributed by atoms with van der Waals surface area (Å²) in [4.78, 5) is 21.2. The van der Waals surface area contributed by atoms with Crippen molar-refractivity contribution in [2.45, 2.75) is 39.8 Å². The lowest BCUT2D eigenvalue weighted by molar-refractivity contribution is -0.133. The van der Waals surface area contributed by atoms with E-state index in [2.05, 4.69) is 0 Å². The third kappa shape index (κ3) is 10.00. The largest absolute Gasteiger partial charge is 0.478 e. The van der Waals surface area contributed by atoms with E-state index in [0.717, 1.165) is 0 Å². The second-order valence-corrected chi connectivity index (χ2v) is 8.10. The Morgan fingerprint density at radius 1 is 0.905 bits per heavy atom. The zero-order valence-corrected chi connectivity index (χ0v) is 13.8. The van der Waals surface area contributed by atoms with Crippen LogP contribution in [0.5, 0.6) is 0 Å². The third-order valence-electron chi connectivity index (χ3n) is 2.45. The molecule has 0 saturated carbocycles. The first-order valence-corrected chi connectivity index (χ1v) is 9.26. The molecule has 0 bridgehead atoms. The van der Waals surface area contributed by atoms with Gasteiger partial charge in [0.15, 0.2) is 0 Å². The van der Waals surface area contributed by atoms with Gasteiger partial charge in [0.05, 0.1) is 13.2 Å². The number of carboxylic acids is 2. The highest BCUT2D eigenvalue weighted by molar-refractivity contribution is 6.64. The zero-order chi connectivity index (χ0) is 16.5. The number of hydrogen-bond donors (Lipinski definition) is 2. The minimum absolute atomic E-state index is 0.260. The van der Waals surface area contributed by atoms with Gasteiger partial charge < -0.3 is 19.1 Å². The summed E-state index contributed by atoms with van der Waals surface area (Å²) < 4.78 is 11.0. The van der Waals surface area contributed by atoms with E-state index in [1.807, 2.05) is 13.1 Å². The summed E-state index contributed by atoms with van der Waals surface area (Å²) in [7, 11) is -2.37. The Kier molecular flexibility index (Phi) is 8.83. The fraction of sp³-hybridized carbons (Fsp3) is 0.429. The topological polar surface area (TPSA) is 93.1 Å². The highest BCUT2D eigenvalue weighted by atomic mass is 28.4. The van der Waals surface area contributed by atoms with Crippen LogP contribution in [0.25, 0.3) is 0 Å². The van der Waals surface area contributed by atoms with Crippen LogP contribution in [0, 0.1) is 13.2 Å². The number of hydrogen-bond acceptors (Lipinski definition) is 4. The van der Waals surface area contributed by atoms with Gasteiger partial charge in [0.25, 0.3) is 0 Å². The second-order valence-electron chi connectivity index (χ2n) is 4.82. The van der Waals surface area contributed by atoms with Crippen LogP contribution in [0.15, 0.2) is 23.3 Å². The normalized spacial score (nSPS) is 13.3. The van der Waals surface area contributed by atoms with E-state index in [0.29, 0.717) is 12.8 Å². The second kappa shape index (κ2) is 9.49. The lowest BCUT2D eigenvalue weighted by Crippen LogP contribution is -2.32. The van der Waals surface area contributed by atoms with Crippen molar-refractivity contribution in [1.29, 1.82) is 0 Å². The molecule has 0 aromatic heterocycles. The minimum Gasteiger partial charge on any atom is -0.478 e. The lowest BCUT2D eigenvalue weighted by Gasteiger charge is -2.21. The molecule has 0 aliphatic rings. The molecule has 6 nitrogen and oxygen atoms in total. The third-order valence-corrected chi connectivity index (χ3v) is 3.92. The highest BCUT2D eigenvalue weighted by Crippen LogP contribution is 2.13. The van der Waals surface area contributed by atoms with Gasteiger partial charge in [-0.05, 0) is 39.8 Å². The number of aliphatic carboxylic acids is 2. The maximum absolute atomic E-state index is 10.6. The molecule has 21 heavy (non-hydrogen) atoms. The average molecular weight is 314 g/mol. The Labute approximate surface area is 126 Å². The van der Waals surface area contributed by atoms with Crippen molar-refractivity contribution in [2.24, 2.45) is 0 Å². The summed E-state index contributed by atoms with van der Waals surface area (Å²) >= 11 is 0. The Bertz CT molecular complexity index is 387. The van der Waals surface area contributed by atoms with Gasteiger partial charge in [-0.3, -0.25) is 0 Å². The van der Waals surface area contributed by atoms with Gasteiger partial charge in [-0.2, -0.15) is 0 Å². The van der Waals surface area contributed by atoms with Gasteiger partial charge in [-0.25, -0.2) is 9.59 Å². The van der Waals surface area contributed by atoms with Crippen molar-refractivity contribution in [1.82, 2.24) is 0 Å². The van der Waals surface area contributed by atoms with E-state index in [9.17, 15) is 9.59 Å². The number of carboxylic acid groups (broad SMARTS) is 2. The first-order chi connectivity index (χ1) is 9.65. The summed E-state index contributed by atoms with van der Waals surface area (Å²) in [5, 5.41) is 17.4. The molecular formula is C14H22O6Si.